The van der Waals surface area contributed by atoms with Gasteiger partial charge in [-0.05, 0) is 12.8 Å². The van der Waals surface area contributed by atoms with Gasteiger partial charge in [0.1, 0.15) is 24.4 Å². The highest BCUT2D eigenvalue weighted by Crippen LogP contribution is 2.28. The number of hydrogen-bond donors (Lipinski definition) is 4. The predicted molar refractivity (Wildman–Crippen MR) is 68.1 cm³/mol. The summed E-state index contributed by atoms with van der Waals surface area (Å²) in [6.07, 6.45) is -2.13. The minimum atomic E-state index is -1.40. The van der Waals surface area contributed by atoms with Crippen LogP contribution in [0, 0.1) is 0 Å². The summed E-state index contributed by atoms with van der Waals surface area (Å²) in [5.74, 6) is 0.502. The first-order valence-corrected chi connectivity index (χ1v) is 6.89. The Bertz CT molecular complexity index is 432. The molecule has 1 unspecified atom stereocenters. The minimum Gasteiger partial charge on any atom is -0.394 e. The number of aryl methyl sites for hydroxylation is 1. The highest BCUT2D eigenvalue weighted by atomic mass is 35.5. The van der Waals surface area contributed by atoms with Crippen molar-refractivity contribution >= 4 is 11.6 Å². The van der Waals surface area contributed by atoms with Crippen molar-refractivity contribution in [2.24, 2.45) is 0 Å². The van der Waals surface area contributed by atoms with Gasteiger partial charge in [0.15, 0.2) is 6.29 Å². The zero-order chi connectivity index (χ0) is 14.7. The standard InChI is InChI=1S/C11H18ClN3O5/c12-3-1-2-6-4-15(14-13-6)8-10(18)9(17)7(5-16)20-11(8)19/h4,7-11,16-19H,1-3,5H2/t7-,8-,9-,10-,11?/m1/s1. The third-order valence-electron chi connectivity index (χ3n) is 3.30. The molecule has 0 saturated carbocycles. The second-order valence-corrected chi connectivity index (χ2v) is 5.08. The average molecular weight is 308 g/mol. The Kier molecular flexibility index (Phi) is 5.30. The first-order valence-electron chi connectivity index (χ1n) is 6.35. The second kappa shape index (κ2) is 6.79. The Labute approximate surface area is 120 Å². The van der Waals surface area contributed by atoms with E-state index in [9.17, 15) is 15.3 Å². The lowest BCUT2D eigenvalue weighted by atomic mass is 9.97. The van der Waals surface area contributed by atoms with Gasteiger partial charge in [-0.25, -0.2) is 4.68 Å². The molecular weight excluding hydrogens is 290 g/mol. The van der Waals surface area contributed by atoms with Gasteiger partial charge in [0.25, 0.3) is 0 Å². The Morgan fingerprint density at radius 3 is 2.70 bits per heavy atom. The molecule has 4 N–H and O–H groups in total. The quantitative estimate of drug-likeness (QED) is 0.485. The van der Waals surface area contributed by atoms with Gasteiger partial charge in [-0.3, -0.25) is 0 Å². The van der Waals surface area contributed by atoms with Crippen LogP contribution < -0.4 is 0 Å². The summed E-state index contributed by atoms with van der Waals surface area (Å²) in [4.78, 5) is 0. The van der Waals surface area contributed by atoms with Crippen molar-refractivity contribution in [3.05, 3.63) is 11.9 Å². The lowest BCUT2D eigenvalue weighted by molar-refractivity contribution is -0.265. The number of aliphatic hydroxyl groups excluding tert-OH is 4. The van der Waals surface area contributed by atoms with Crippen LogP contribution in [0.3, 0.4) is 0 Å². The highest BCUT2D eigenvalue weighted by Gasteiger charge is 2.45. The lowest BCUT2D eigenvalue weighted by Gasteiger charge is -2.39. The molecule has 8 nitrogen and oxygen atoms in total. The Morgan fingerprint density at radius 2 is 2.05 bits per heavy atom. The summed E-state index contributed by atoms with van der Waals surface area (Å²) in [6.45, 7) is -0.500. The van der Waals surface area contributed by atoms with E-state index in [0.29, 0.717) is 18.0 Å². The van der Waals surface area contributed by atoms with E-state index in [1.54, 1.807) is 6.20 Å². The normalized spacial score (nSPS) is 34.4. The van der Waals surface area contributed by atoms with Crippen LogP contribution in [0.2, 0.25) is 0 Å². The maximum Gasteiger partial charge on any atom is 0.180 e. The molecule has 2 rings (SSSR count). The van der Waals surface area contributed by atoms with Crippen LogP contribution in [0.5, 0.6) is 0 Å². The fourth-order valence-corrected chi connectivity index (χ4v) is 2.32. The number of aromatic nitrogens is 3. The summed E-state index contributed by atoms with van der Waals surface area (Å²) in [6, 6.07) is -0.981. The maximum atomic E-state index is 10.0. The van der Waals surface area contributed by atoms with E-state index in [1.165, 1.54) is 4.68 Å². The van der Waals surface area contributed by atoms with E-state index in [-0.39, 0.29) is 0 Å². The molecule has 20 heavy (non-hydrogen) atoms. The second-order valence-electron chi connectivity index (χ2n) is 4.70. The van der Waals surface area contributed by atoms with E-state index in [2.05, 4.69) is 10.3 Å². The zero-order valence-corrected chi connectivity index (χ0v) is 11.5. The molecule has 2 heterocycles. The minimum absolute atomic E-state index is 0.500. The maximum absolute atomic E-state index is 10.0. The molecule has 5 atom stereocenters. The van der Waals surface area contributed by atoms with Gasteiger partial charge in [0.05, 0.1) is 12.3 Å². The Hall–Kier alpha value is -0.770. The van der Waals surface area contributed by atoms with Gasteiger partial charge in [-0.2, -0.15) is 0 Å². The van der Waals surface area contributed by atoms with Crippen molar-refractivity contribution in [3.63, 3.8) is 0 Å². The van der Waals surface area contributed by atoms with Crippen molar-refractivity contribution in [1.29, 1.82) is 0 Å². The number of alkyl halides is 1. The SMILES string of the molecule is OC[C@H]1OC(O)[C@H](n2cc(CCCCl)nn2)[C@@H](O)[C@@H]1O. The third kappa shape index (κ3) is 3.11. The van der Waals surface area contributed by atoms with Gasteiger partial charge < -0.3 is 25.2 Å². The molecule has 0 amide bonds. The first kappa shape index (κ1) is 15.6. The zero-order valence-electron chi connectivity index (χ0n) is 10.7. The summed E-state index contributed by atoms with van der Waals surface area (Å²) in [5, 5.41) is 46.5. The largest absolute Gasteiger partial charge is 0.394 e. The molecular formula is C11H18ClN3O5. The van der Waals surface area contributed by atoms with Gasteiger partial charge in [-0.1, -0.05) is 5.21 Å². The lowest BCUT2D eigenvalue weighted by Crippen LogP contribution is -2.56. The van der Waals surface area contributed by atoms with E-state index in [0.717, 1.165) is 6.42 Å². The number of hydrogen-bond acceptors (Lipinski definition) is 7. The van der Waals surface area contributed by atoms with Crippen molar-refractivity contribution in [3.8, 4) is 0 Å². The van der Waals surface area contributed by atoms with Crippen LogP contribution in [0.4, 0.5) is 0 Å². The van der Waals surface area contributed by atoms with Gasteiger partial charge in [0, 0.05) is 12.1 Å². The van der Waals surface area contributed by atoms with Crippen molar-refractivity contribution in [2.75, 3.05) is 12.5 Å². The van der Waals surface area contributed by atoms with Gasteiger partial charge in [0.2, 0.25) is 0 Å². The van der Waals surface area contributed by atoms with Crippen LogP contribution in [-0.2, 0) is 11.2 Å². The van der Waals surface area contributed by atoms with Crippen LogP contribution in [-0.4, -0.2) is 72.5 Å². The van der Waals surface area contributed by atoms with E-state index < -0.39 is 37.3 Å². The fraction of sp³-hybridized carbons (Fsp3) is 0.818. The smallest absolute Gasteiger partial charge is 0.180 e. The van der Waals surface area contributed by atoms with Crippen LogP contribution in [0.25, 0.3) is 0 Å². The first-order chi connectivity index (χ1) is 9.58. The van der Waals surface area contributed by atoms with Crippen molar-refractivity contribution in [2.45, 2.75) is 43.5 Å². The molecule has 0 aromatic carbocycles. The fourth-order valence-electron chi connectivity index (χ4n) is 2.19. The monoisotopic (exact) mass is 307 g/mol. The molecule has 1 aromatic heterocycles. The van der Waals surface area contributed by atoms with Crippen LogP contribution >= 0.6 is 11.6 Å². The third-order valence-corrected chi connectivity index (χ3v) is 3.56. The summed E-state index contributed by atoms with van der Waals surface area (Å²) in [7, 11) is 0. The molecule has 1 aliphatic rings. The number of rotatable bonds is 5. The summed E-state index contributed by atoms with van der Waals surface area (Å²) >= 11 is 5.59. The number of halogens is 1. The molecule has 0 aliphatic carbocycles. The van der Waals surface area contributed by atoms with Crippen molar-refractivity contribution in [1.82, 2.24) is 15.0 Å². The molecule has 9 heteroatoms. The summed E-state index contributed by atoms with van der Waals surface area (Å²) < 4.78 is 6.32. The van der Waals surface area contributed by atoms with E-state index in [1.807, 2.05) is 0 Å². The number of ether oxygens (including phenoxy) is 1. The number of aliphatic hydroxyl groups is 4. The Morgan fingerprint density at radius 1 is 1.30 bits per heavy atom. The highest BCUT2D eigenvalue weighted by molar-refractivity contribution is 6.17. The molecule has 1 saturated heterocycles. The molecule has 1 fully saturated rings. The molecule has 0 spiro atoms. The van der Waals surface area contributed by atoms with Crippen LogP contribution in [0.15, 0.2) is 6.20 Å². The molecule has 1 aliphatic heterocycles. The Balaban J connectivity index is 2.12. The molecule has 0 radical (unpaired) electrons. The van der Waals surface area contributed by atoms with E-state index >= 15 is 0 Å². The van der Waals surface area contributed by atoms with Crippen molar-refractivity contribution < 1.29 is 25.2 Å². The summed E-state index contributed by atoms with van der Waals surface area (Å²) in [5.41, 5.74) is 0.670. The molecule has 114 valence electrons. The van der Waals surface area contributed by atoms with Crippen LogP contribution in [0.1, 0.15) is 18.2 Å². The number of nitrogens with zero attached hydrogens (tertiary/aromatic N) is 3. The molecule has 0 bridgehead atoms. The predicted octanol–water partition coefficient (Wildman–Crippen LogP) is -1.58. The molecule has 1 aromatic rings. The van der Waals surface area contributed by atoms with Gasteiger partial charge >= 0.3 is 0 Å². The van der Waals surface area contributed by atoms with Gasteiger partial charge in [-0.15, -0.1) is 16.7 Å². The van der Waals surface area contributed by atoms with E-state index in [4.69, 9.17) is 21.4 Å². The topological polar surface area (TPSA) is 121 Å². The average Bonchev–Trinajstić information content (AvgIpc) is 2.89.